The number of rotatable bonds is 7. The molecule has 0 saturated carbocycles. The van der Waals surface area contributed by atoms with Crippen LogP contribution in [0.2, 0.25) is 5.02 Å². The highest BCUT2D eigenvalue weighted by molar-refractivity contribution is 9.10. The minimum absolute atomic E-state index is 0.152. The van der Waals surface area contributed by atoms with Crippen LogP contribution in [-0.2, 0) is 11.8 Å². The van der Waals surface area contributed by atoms with Gasteiger partial charge in [0.05, 0.1) is 19.1 Å². The third kappa shape index (κ3) is 5.59. The minimum Gasteiger partial charge on any atom is -0.496 e. The molecule has 10 heteroatoms. The van der Waals surface area contributed by atoms with Crippen LogP contribution in [0.3, 0.4) is 0 Å². The first kappa shape index (κ1) is 21.4. The van der Waals surface area contributed by atoms with E-state index in [0.717, 1.165) is 15.6 Å². The van der Waals surface area contributed by atoms with Gasteiger partial charge < -0.3 is 9.30 Å². The lowest BCUT2D eigenvalue weighted by molar-refractivity contribution is -0.118. The van der Waals surface area contributed by atoms with Crippen LogP contribution in [0.1, 0.15) is 5.56 Å². The second-order valence-corrected chi connectivity index (χ2v) is 8.13. The molecule has 3 rings (SSSR count). The average molecular weight is 495 g/mol. The van der Waals surface area contributed by atoms with E-state index in [9.17, 15) is 4.79 Å². The highest BCUT2D eigenvalue weighted by Crippen LogP contribution is 2.24. The number of halogens is 2. The van der Waals surface area contributed by atoms with Gasteiger partial charge >= 0.3 is 0 Å². The van der Waals surface area contributed by atoms with E-state index in [4.69, 9.17) is 16.3 Å². The lowest BCUT2D eigenvalue weighted by atomic mass is 10.2. The number of carbonyl (C=O) groups is 1. The van der Waals surface area contributed by atoms with Gasteiger partial charge in [-0.05, 0) is 42.5 Å². The van der Waals surface area contributed by atoms with Crippen molar-refractivity contribution in [3.05, 3.63) is 57.5 Å². The molecule has 0 saturated heterocycles. The zero-order valence-electron chi connectivity index (χ0n) is 15.6. The van der Waals surface area contributed by atoms with Crippen molar-refractivity contribution in [1.29, 1.82) is 0 Å². The number of thioether (sulfide) groups is 1. The van der Waals surface area contributed by atoms with Crippen LogP contribution in [0.25, 0.3) is 11.4 Å². The summed E-state index contributed by atoms with van der Waals surface area (Å²) >= 11 is 10.6. The number of benzene rings is 2. The van der Waals surface area contributed by atoms with Gasteiger partial charge in [0.1, 0.15) is 5.75 Å². The van der Waals surface area contributed by atoms with E-state index in [1.165, 1.54) is 18.0 Å². The van der Waals surface area contributed by atoms with Gasteiger partial charge in [0, 0.05) is 27.7 Å². The molecular weight excluding hydrogens is 478 g/mol. The summed E-state index contributed by atoms with van der Waals surface area (Å²) in [5.74, 6) is 1.26. The number of hydrogen-bond donors (Lipinski definition) is 1. The Kier molecular flexibility index (Phi) is 7.29. The standard InChI is InChI=1S/C19H17BrClN5O2S/c1-26-18(12-3-6-15(21)7-4-12)24-25-19(26)29-11-17(27)23-22-10-13-9-14(20)5-8-16(13)28-2/h3-10H,11H2,1-2H3,(H,23,27). The van der Waals surface area contributed by atoms with E-state index >= 15 is 0 Å². The van der Waals surface area contributed by atoms with E-state index in [-0.39, 0.29) is 11.7 Å². The molecule has 2 aromatic carbocycles. The van der Waals surface area contributed by atoms with Crippen molar-refractivity contribution < 1.29 is 9.53 Å². The van der Waals surface area contributed by atoms with E-state index in [2.05, 4.69) is 36.7 Å². The van der Waals surface area contributed by atoms with E-state index in [1.807, 2.05) is 41.9 Å². The maximum atomic E-state index is 12.1. The molecule has 3 aromatic rings. The van der Waals surface area contributed by atoms with Gasteiger partial charge in [0.15, 0.2) is 11.0 Å². The lowest BCUT2D eigenvalue weighted by Gasteiger charge is -2.05. The quantitative estimate of drug-likeness (QED) is 0.303. The number of ether oxygens (including phenoxy) is 1. The molecule has 7 nitrogen and oxygen atoms in total. The van der Waals surface area contributed by atoms with Crippen molar-refractivity contribution in [2.24, 2.45) is 12.1 Å². The Balaban J connectivity index is 1.57. The van der Waals surface area contributed by atoms with Gasteiger partial charge in [-0.2, -0.15) is 5.10 Å². The molecule has 150 valence electrons. The van der Waals surface area contributed by atoms with Crippen molar-refractivity contribution in [2.75, 3.05) is 12.9 Å². The van der Waals surface area contributed by atoms with Gasteiger partial charge in [-0.3, -0.25) is 4.79 Å². The van der Waals surface area contributed by atoms with Crippen LogP contribution in [0.4, 0.5) is 0 Å². The molecular formula is C19H17BrClN5O2S. The summed E-state index contributed by atoms with van der Waals surface area (Å²) in [6.45, 7) is 0. The summed E-state index contributed by atoms with van der Waals surface area (Å²) in [4.78, 5) is 12.1. The SMILES string of the molecule is COc1ccc(Br)cc1C=NNC(=O)CSc1nnc(-c2ccc(Cl)cc2)n1C. The van der Waals surface area contributed by atoms with E-state index < -0.39 is 0 Å². The summed E-state index contributed by atoms with van der Waals surface area (Å²) in [6, 6.07) is 12.9. The second kappa shape index (κ2) is 9.91. The second-order valence-electron chi connectivity index (χ2n) is 5.84. The molecule has 1 amide bonds. The highest BCUT2D eigenvalue weighted by Gasteiger charge is 2.12. The van der Waals surface area contributed by atoms with Crippen LogP contribution in [0, 0.1) is 0 Å². The minimum atomic E-state index is -0.253. The Labute approximate surface area is 185 Å². The molecule has 0 aliphatic rings. The molecule has 0 aliphatic heterocycles. The first-order valence-corrected chi connectivity index (χ1v) is 10.6. The van der Waals surface area contributed by atoms with Gasteiger partial charge in [-0.15, -0.1) is 10.2 Å². The van der Waals surface area contributed by atoms with Gasteiger partial charge in [0.25, 0.3) is 5.91 Å². The topological polar surface area (TPSA) is 81.4 Å². The van der Waals surface area contributed by atoms with Crippen LogP contribution < -0.4 is 10.2 Å². The van der Waals surface area contributed by atoms with Crippen LogP contribution in [0.15, 0.2) is 57.2 Å². The molecule has 0 radical (unpaired) electrons. The van der Waals surface area contributed by atoms with Gasteiger partial charge in [-0.25, -0.2) is 5.43 Å². The molecule has 0 unspecified atom stereocenters. The maximum absolute atomic E-state index is 12.1. The van der Waals surface area contributed by atoms with Gasteiger partial charge in [0.2, 0.25) is 0 Å². The van der Waals surface area contributed by atoms with Crippen molar-refractivity contribution >= 4 is 51.4 Å². The number of aromatic nitrogens is 3. The maximum Gasteiger partial charge on any atom is 0.250 e. The first-order chi connectivity index (χ1) is 14.0. The van der Waals surface area contributed by atoms with Gasteiger partial charge in [-0.1, -0.05) is 39.3 Å². The average Bonchev–Trinajstić information content (AvgIpc) is 3.07. The van der Waals surface area contributed by atoms with Crippen molar-refractivity contribution in [1.82, 2.24) is 20.2 Å². The lowest BCUT2D eigenvalue weighted by Crippen LogP contribution is -2.20. The Morgan fingerprint density at radius 1 is 1.31 bits per heavy atom. The summed E-state index contributed by atoms with van der Waals surface area (Å²) in [5.41, 5.74) is 4.15. The van der Waals surface area contributed by atoms with Crippen molar-refractivity contribution in [3.8, 4) is 17.1 Å². The van der Waals surface area contributed by atoms with Crippen LogP contribution in [-0.4, -0.2) is 39.7 Å². The molecule has 0 spiro atoms. The largest absolute Gasteiger partial charge is 0.496 e. The molecule has 1 N–H and O–H groups in total. The van der Waals surface area contributed by atoms with E-state index in [0.29, 0.717) is 21.8 Å². The number of hydrogen-bond acceptors (Lipinski definition) is 6. The molecule has 0 bridgehead atoms. The molecule has 0 atom stereocenters. The normalized spacial score (nSPS) is 11.0. The fraction of sp³-hybridized carbons (Fsp3) is 0.158. The summed E-state index contributed by atoms with van der Waals surface area (Å²) < 4.78 is 7.99. The third-order valence-electron chi connectivity index (χ3n) is 3.85. The molecule has 29 heavy (non-hydrogen) atoms. The number of amides is 1. The monoisotopic (exact) mass is 493 g/mol. The number of carbonyl (C=O) groups excluding carboxylic acids is 1. The highest BCUT2D eigenvalue weighted by atomic mass is 79.9. The summed E-state index contributed by atoms with van der Waals surface area (Å²) in [7, 11) is 3.43. The van der Waals surface area contributed by atoms with Crippen LogP contribution >= 0.6 is 39.3 Å². The molecule has 1 aromatic heterocycles. The Bertz CT molecular complexity index is 1040. The molecule has 0 aliphatic carbocycles. The predicted octanol–water partition coefficient (Wildman–Crippen LogP) is 4.15. The zero-order chi connectivity index (χ0) is 20.8. The van der Waals surface area contributed by atoms with Crippen molar-refractivity contribution in [3.63, 3.8) is 0 Å². The smallest absolute Gasteiger partial charge is 0.250 e. The third-order valence-corrected chi connectivity index (χ3v) is 5.62. The summed E-state index contributed by atoms with van der Waals surface area (Å²) in [6.07, 6.45) is 1.53. The zero-order valence-corrected chi connectivity index (χ0v) is 18.8. The van der Waals surface area contributed by atoms with E-state index in [1.54, 1.807) is 19.2 Å². The fourth-order valence-corrected chi connectivity index (χ4v) is 3.64. The Morgan fingerprint density at radius 3 is 2.79 bits per heavy atom. The first-order valence-electron chi connectivity index (χ1n) is 8.41. The van der Waals surface area contributed by atoms with Crippen LogP contribution in [0.5, 0.6) is 5.75 Å². The molecule has 0 fully saturated rings. The molecule has 1 heterocycles. The number of hydrazone groups is 1. The number of nitrogens with one attached hydrogen (secondary N) is 1. The Morgan fingerprint density at radius 2 is 2.07 bits per heavy atom. The number of nitrogens with zero attached hydrogens (tertiary/aromatic N) is 4. The Hall–Kier alpha value is -2.36. The fourth-order valence-electron chi connectivity index (χ4n) is 2.43. The predicted molar refractivity (Wildman–Crippen MR) is 119 cm³/mol. The number of methoxy groups -OCH3 is 1. The van der Waals surface area contributed by atoms with Crippen molar-refractivity contribution in [2.45, 2.75) is 5.16 Å². The summed E-state index contributed by atoms with van der Waals surface area (Å²) in [5, 5.41) is 13.6.